The van der Waals surface area contributed by atoms with Crippen LogP contribution in [0.4, 0.5) is 11.4 Å². The summed E-state index contributed by atoms with van der Waals surface area (Å²) in [5.74, 6) is 0. The van der Waals surface area contributed by atoms with E-state index in [1.807, 2.05) is 56.3 Å². The van der Waals surface area contributed by atoms with Gasteiger partial charge in [-0.05, 0) is 65.2 Å². The van der Waals surface area contributed by atoms with Crippen LogP contribution in [0, 0.1) is 13.8 Å². The summed E-state index contributed by atoms with van der Waals surface area (Å²) in [6.07, 6.45) is 0. The van der Waals surface area contributed by atoms with Crippen LogP contribution < -0.4 is 11.5 Å². The predicted octanol–water partition coefficient (Wildman–Crippen LogP) is 3.92. The maximum absolute atomic E-state index is 5.57. The van der Waals surface area contributed by atoms with Gasteiger partial charge in [-0.2, -0.15) is 0 Å². The molecule has 2 rings (SSSR count). The molecule has 3 heteroatoms. The van der Waals surface area contributed by atoms with Gasteiger partial charge < -0.3 is 11.5 Å². The van der Waals surface area contributed by atoms with E-state index < -0.39 is 0 Å². The molecule has 2 aromatic rings. The van der Waals surface area contributed by atoms with E-state index in [4.69, 9.17) is 11.5 Å². The molecule has 0 saturated heterocycles. The van der Waals surface area contributed by atoms with Crippen molar-refractivity contribution in [3.63, 3.8) is 0 Å². The maximum Gasteiger partial charge on any atom is 0.0461 e. The Kier molecular flexibility index (Phi) is 5.04. The second-order valence-electron chi connectivity index (χ2n) is 3.94. The molecule has 0 aromatic heterocycles. The highest BCUT2D eigenvalue weighted by molar-refractivity contribution is 9.10. The molecule has 2 aromatic carbocycles. The first kappa shape index (κ1) is 13.6. The number of benzene rings is 2. The Labute approximate surface area is 111 Å². The number of anilines is 2. The lowest BCUT2D eigenvalue weighted by Crippen LogP contribution is -1.85. The fraction of sp³-hybridized carbons (Fsp3) is 0.143. The molecule has 17 heavy (non-hydrogen) atoms. The van der Waals surface area contributed by atoms with Gasteiger partial charge in [0.2, 0.25) is 0 Å². The van der Waals surface area contributed by atoms with E-state index in [1.165, 1.54) is 11.1 Å². The predicted molar refractivity (Wildman–Crippen MR) is 78.9 cm³/mol. The molecule has 0 heterocycles. The van der Waals surface area contributed by atoms with Crippen LogP contribution in [0.25, 0.3) is 0 Å². The standard InChI is InChI=1S/C7H8BrN.C7H9N/c1-5-2-3-6(8)7(9)4-5;1-6-3-2-4-7(8)5-6/h2-4H,9H2,1H3;2-5H,8H2,1H3. The van der Waals surface area contributed by atoms with Crippen molar-refractivity contribution < 1.29 is 0 Å². The summed E-state index contributed by atoms with van der Waals surface area (Å²) in [4.78, 5) is 0. The highest BCUT2D eigenvalue weighted by Crippen LogP contribution is 2.19. The normalized spacial score (nSPS) is 9.35. The van der Waals surface area contributed by atoms with Crippen LogP contribution in [0.3, 0.4) is 0 Å². The number of rotatable bonds is 0. The van der Waals surface area contributed by atoms with E-state index in [2.05, 4.69) is 15.9 Å². The Balaban J connectivity index is 0.000000171. The van der Waals surface area contributed by atoms with Gasteiger partial charge in [-0.3, -0.25) is 0 Å². The number of hydrogen-bond donors (Lipinski definition) is 2. The molecule has 0 unspecified atom stereocenters. The lowest BCUT2D eigenvalue weighted by atomic mass is 10.2. The SMILES string of the molecule is Cc1ccc(Br)c(N)c1.Cc1cccc(N)c1. The van der Waals surface area contributed by atoms with Gasteiger partial charge in [-0.15, -0.1) is 0 Å². The van der Waals surface area contributed by atoms with E-state index >= 15 is 0 Å². The van der Waals surface area contributed by atoms with Gasteiger partial charge in [0.25, 0.3) is 0 Å². The third-order valence-corrected chi connectivity index (χ3v) is 2.92. The Morgan fingerprint density at radius 1 is 0.882 bits per heavy atom. The first-order valence-electron chi connectivity index (χ1n) is 5.33. The van der Waals surface area contributed by atoms with Crippen LogP contribution in [0.5, 0.6) is 0 Å². The average molecular weight is 293 g/mol. The Morgan fingerprint density at radius 3 is 1.94 bits per heavy atom. The summed E-state index contributed by atoms with van der Waals surface area (Å²) in [7, 11) is 0. The second kappa shape index (κ2) is 6.30. The van der Waals surface area contributed by atoms with Crippen molar-refractivity contribution >= 4 is 27.3 Å². The Morgan fingerprint density at radius 2 is 1.53 bits per heavy atom. The molecule has 0 radical (unpaired) electrons. The van der Waals surface area contributed by atoms with Crippen molar-refractivity contribution in [2.24, 2.45) is 0 Å². The minimum absolute atomic E-state index is 0.801. The molecule has 0 spiro atoms. The second-order valence-corrected chi connectivity index (χ2v) is 4.79. The highest BCUT2D eigenvalue weighted by atomic mass is 79.9. The summed E-state index contributed by atoms with van der Waals surface area (Å²) in [5, 5.41) is 0. The summed E-state index contributed by atoms with van der Waals surface area (Å²) < 4.78 is 0.966. The summed E-state index contributed by atoms with van der Waals surface area (Å²) in [6, 6.07) is 13.7. The zero-order valence-electron chi connectivity index (χ0n) is 10.1. The smallest absolute Gasteiger partial charge is 0.0461 e. The van der Waals surface area contributed by atoms with Crippen LogP contribution in [0.15, 0.2) is 46.9 Å². The third-order valence-electron chi connectivity index (χ3n) is 2.19. The first-order chi connectivity index (χ1) is 7.99. The summed E-state index contributed by atoms with van der Waals surface area (Å²) in [5.41, 5.74) is 15.1. The van der Waals surface area contributed by atoms with Gasteiger partial charge in [0.1, 0.15) is 0 Å². The Bertz CT molecular complexity index is 478. The minimum Gasteiger partial charge on any atom is -0.399 e. The van der Waals surface area contributed by atoms with Crippen molar-refractivity contribution in [3.05, 3.63) is 58.1 Å². The van der Waals surface area contributed by atoms with Crippen LogP contribution in [0.2, 0.25) is 0 Å². The van der Waals surface area contributed by atoms with Crippen molar-refractivity contribution in [2.45, 2.75) is 13.8 Å². The van der Waals surface area contributed by atoms with Crippen LogP contribution in [-0.2, 0) is 0 Å². The van der Waals surface area contributed by atoms with Gasteiger partial charge in [-0.1, -0.05) is 18.2 Å². The quantitative estimate of drug-likeness (QED) is 0.723. The van der Waals surface area contributed by atoms with E-state index in [0.717, 1.165) is 15.8 Å². The molecule has 0 bridgehead atoms. The zero-order valence-corrected chi connectivity index (χ0v) is 11.7. The fourth-order valence-electron chi connectivity index (χ4n) is 1.33. The maximum atomic E-state index is 5.57. The van der Waals surface area contributed by atoms with E-state index in [0.29, 0.717) is 0 Å². The van der Waals surface area contributed by atoms with E-state index in [-0.39, 0.29) is 0 Å². The molecule has 0 fully saturated rings. The fourth-order valence-corrected chi connectivity index (χ4v) is 1.58. The minimum atomic E-state index is 0.801. The number of hydrogen-bond acceptors (Lipinski definition) is 2. The molecule has 0 aliphatic heterocycles. The van der Waals surface area contributed by atoms with Crippen molar-refractivity contribution in [3.8, 4) is 0 Å². The molecule has 0 amide bonds. The van der Waals surface area contributed by atoms with Gasteiger partial charge in [0, 0.05) is 15.8 Å². The molecule has 0 atom stereocenters. The molecular weight excluding hydrogens is 276 g/mol. The van der Waals surface area contributed by atoms with Gasteiger partial charge in [-0.25, -0.2) is 0 Å². The zero-order chi connectivity index (χ0) is 12.8. The molecule has 2 nitrogen and oxygen atoms in total. The molecule has 0 saturated carbocycles. The topological polar surface area (TPSA) is 52.0 Å². The highest BCUT2D eigenvalue weighted by Gasteiger charge is 1.91. The third kappa shape index (κ3) is 4.91. The van der Waals surface area contributed by atoms with Crippen LogP contribution in [0.1, 0.15) is 11.1 Å². The lowest BCUT2D eigenvalue weighted by Gasteiger charge is -1.96. The van der Waals surface area contributed by atoms with Crippen LogP contribution >= 0.6 is 15.9 Å². The lowest BCUT2D eigenvalue weighted by molar-refractivity contribution is 1.46. The van der Waals surface area contributed by atoms with Gasteiger partial charge in [0.05, 0.1) is 0 Å². The van der Waals surface area contributed by atoms with Gasteiger partial charge in [0.15, 0.2) is 0 Å². The molecule has 0 aliphatic carbocycles. The van der Waals surface area contributed by atoms with Crippen molar-refractivity contribution in [2.75, 3.05) is 11.5 Å². The Hall–Kier alpha value is -1.48. The van der Waals surface area contributed by atoms with E-state index in [9.17, 15) is 0 Å². The molecular formula is C14H17BrN2. The van der Waals surface area contributed by atoms with Crippen molar-refractivity contribution in [1.29, 1.82) is 0 Å². The first-order valence-corrected chi connectivity index (χ1v) is 6.12. The largest absolute Gasteiger partial charge is 0.399 e. The summed E-state index contributed by atoms with van der Waals surface area (Å²) in [6.45, 7) is 4.04. The number of nitrogens with two attached hydrogens (primary N) is 2. The van der Waals surface area contributed by atoms with Gasteiger partial charge >= 0.3 is 0 Å². The molecule has 4 N–H and O–H groups in total. The summed E-state index contributed by atoms with van der Waals surface area (Å²) >= 11 is 3.30. The average Bonchev–Trinajstić information content (AvgIpc) is 2.24. The number of nitrogen functional groups attached to an aromatic ring is 2. The van der Waals surface area contributed by atoms with E-state index in [1.54, 1.807) is 0 Å². The molecule has 0 aliphatic rings. The number of halogens is 1. The van der Waals surface area contributed by atoms with Crippen LogP contribution in [-0.4, -0.2) is 0 Å². The molecule has 90 valence electrons. The number of aryl methyl sites for hydroxylation is 2. The van der Waals surface area contributed by atoms with Crippen molar-refractivity contribution in [1.82, 2.24) is 0 Å². The monoisotopic (exact) mass is 292 g/mol.